The van der Waals surface area contributed by atoms with E-state index in [4.69, 9.17) is 5.11 Å². The molecule has 0 saturated heterocycles. The molecule has 0 fully saturated rings. The van der Waals surface area contributed by atoms with Gasteiger partial charge in [0.15, 0.2) is 0 Å². The number of anilines is 1. The lowest BCUT2D eigenvalue weighted by Crippen LogP contribution is -2.43. The summed E-state index contributed by atoms with van der Waals surface area (Å²) in [4.78, 5) is 25.8. The number of carboxylic acid groups (broad SMARTS) is 1. The van der Waals surface area contributed by atoms with Crippen molar-refractivity contribution in [3.63, 3.8) is 0 Å². The molecule has 1 rings (SSSR count). The molecule has 0 bridgehead atoms. The Kier molecular flexibility index (Phi) is 5.85. The zero-order chi connectivity index (χ0) is 14.3. The lowest BCUT2D eigenvalue weighted by atomic mass is 10.2. The van der Waals surface area contributed by atoms with E-state index in [-0.39, 0.29) is 12.6 Å². The molecule has 0 radical (unpaired) electrons. The molecule has 5 heteroatoms. The van der Waals surface area contributed by atoms with Crippen LogP contribution in [0.15, 0.2) is 30.3 Å². The number of carbonyl (C=O) groups is 2. The highest BCUT2D eigenvalue weighted by molar-refractivity contribution is 5.93. The summed E-state index contributed by atoms with van der Waals surface area (Å²) in [5.41, 5.74) is 0.790. The van der Waals surface area contributed by atoms with Gasteiger partial charge < -0.3 is 10.0 Å². The molecular weight excluding hydrogens is 244 g/mol. The molecule has 0 aromatic heterocycles. The van der Waals surface area contributed by atoms with E-state index in [1.807, 2.05) is 30.3 Å². The monoisotopic (exact) mass is 264 g/mol. The summed E-state index contributed by atoms with van der Waals surface area (Å²) in [6, 6.07) is 9.01. The molecule has 0 atom stereocenters. The third-order valence-corrected chi connectivity index (χ3v) is 2.73. The molecule has 0 spiro atoms. The Morgan fingerprint density at radius 1 is 1.21 bits per heavy atom. The Morgan fingerprint density at radius 2 is 1.84 bits per heavy atom. The molecule has 1 N–H and O–H groups in total. The van der Waals surface area contributed by atoms with Crippen molar-refractivity contribution < 1.29 is 14.7 Å². The number of hydrogen-bond donors (Lipinski definition) is 1. The van der Waals surface area contributed by atoms with Crippen LogP contribution in [-0.4, -0.2) is 42.1 Å². The van der Waals surface area contributed by atoms with Crippen molar-refractivity contribution in [2.45, 2.75) is 19.8 Å². The third kappa shape index (κ3) is 4.62. The molecule has 5 nitrogen and oxygen atoms in total. The summed E-state index contributed by atoms with van der Waals surface area (Å²) in [5.74, 6) is -1.01. The van der Waals surface area contributed by atoms with Crippen LogP contribution in [0.2, 0.25) is 0 Å². The van der Waals surface area contributed by atoms with Crippen LogP contribution in [0.1, 0.15) is 19.8 Å². The van der Waals surface area contributed by atoms with Crippen LogP contribution in [-0.2, 0) is 4.79 Å². The minimum absolute atomic E-state index is 0.290. The SMILES string of the molecule is CCCCN(C(=O)N(C)CC(=O)O)c1ccccc1. The number of hydrogen-bond acceptors (Lipinski definition) is 2. The molecule has 0 aliphatic rings. The Balaban J connectivity index is 2.84. The van der Waals surface area contributed by atoms with E-state index in [1.54, 1.807) is 4.90 Å². The van der Waals surface area contributed by atoms with Gasteiger partial charge in [-0.15, -0.1) is 0 Å². The van der Waals surface area contributed by atoms with E-state index in [0.29, 0.717) is 6.54 Å². The Bertz CT molecular complexity index is 420. The fourth-order valence-corrected chi connectivity index (χ4v) is 1.74. The number of aliphatic carboxylic acids is 1. The number of benzene rings is 1. The summed E-state index contributed by atoms with van der Waals surface area (Å²) < 4.78 is 0. The van der Waals surface area contributed by atoms with Crippen LogP contribution in [0.25, 0.3) is 0 Å². The molecule has 19 heavy (non-hydrogen) atoms. The van der Waals surface area contributed by atoms with Crippen LogP contribution in [0.3, 0.4) is 0 Å². The first-order valence-electron chi connectivity index (χ1n) is 6.35. The minimum Gasteiger partial charge on any atom is -0.480 e. The first kappa shape index (κ1) is 15.0. The topological polar surface area (TPSA) is 60.9 Å². The molecule has 2 amide bonds. The second kappa shape index (κ2) is 7.41. The van der Waals surface area contributed by atoms with Gasteiger partial charge >= 0.3 is 12.0 Å². The largest absolute Gasteiger partial charge is 0.480 e. The summed E-state index contributed by atoms with van der Waals surface area (Å²) in [5, 5.41) is 8.75. The van der Waals surface area contributed by atoms with Crippen molar-refractivity contribution in [1.82, 2.24) is 4.90 Å². The van der Waals surface area contributed by atoms with Gasteiger partial charge in [-0.3, -0.25) is 9.69 Å². The quantitative estimate of drug-likeness (QED) is 0.858. The van der Waals surface area contributed by atoms with Crippen LogP contribution < -0.4 is 4.90 Å². The van der Waals surface area contributed by atoms with Gasteiger partial charge in [-0.05, 0) is 18.6 Å². The van der Waals surface area contributed by atoms with Crippen molar-refractivity contribution >= 4 is 17.7 Å². The zero-order valence-electron chi connectivity index (χ0n) is 11.4. The predicted molar refractivity (Wildman–Crippen MR) is 74.4 cm³/mol. The molecule has 1 aromatic carbocycles. The molecule has 0 heterocycles. The van der Waals surface area contributed by atoms with Gasteiger partial charge in [0.25, 0.3) is 0 Å². The second-order valence-electron chi connectivity index (χ2n) is 4.37. The van der Waals surface area contributed by atoms with E-state index in [9.17, 15) is 9.59 Å². The Morgan fingerprint density at radius 3 is 2.37 bits per heavy atom. The van der Waals surface area contributed by atoms with Crippen molar-refractivity contribution in [2.24, 2.45) is 0 Å². The van der Waals surface area contributed by atoms with Crippen LogP contribution in [0.5, 0.6) is 0 Å². The normalized spacial score (nSPS) is 10.0. The van der Waals surface area contributed by atoms with Gasteiger partial charge in [0.2, 0.25) is 0 Å². The first-order chi connectivity index (χ1) is 9.06. The molecule has 0 unspecified atom stereocenters. The van der Waals surface area contributed by atoms with Gasteiger partial charge in [0.1, 0.15) is 6.54 Å². The molecule has 0 aliphatic heterocycles. The minimum atomic E-state index is -1.01. The maximum Gasteiger partial charge on any atom is 0.324 e. The second-order valence-corrected chi connectivity index (χ2v) is 4.37. The van der Waals surface area contributed by atoms with E-state index in [1.165, 1.54) is 11.9 Å². The number of urea groups is 1. The summed E-state index contributed by atoms with van der Waals surface area (Å²) in [6.07, 6.45) is 1.85. The summed E-state index contributed by atoms with van der Waals surface area (Å²) >= 11 is 0. The number of nitrogens with zero attached hydrogens (tertiary/aromatic N) is 2. The van der Waals surface area contributed by atoms with Crippen molar-refractivity contribution in [2.75, 3.05) is 25.0 Å². The van der Waals surface area contributed by atoms with Crippen LogP contribution in [0, 0.1) is 0 Å². The highest BCUT2D eigenvalue weighted by Gasteiger charge is 2.20. The number of amides is 2. The third-order valence-electron chi connectivity index (χ3n) is 2.73. The van der Waals surface area contributed by atoms with Gasteiger partial charge in [0.05, 0.1) is 0 Å². The number of para-hydroxylation sites is 1. The maximum absolute atomic E-state index is 12.3. The van der Waals surface area contributed by atoms with Crippen molar-refractivity contribution in [1.29, 1.82) is 0 Å². The highest BCUT2D eigenvalue weighted by Crippen LogP contribution is 2.16. The van der Waals surface area contributed by atoms with E-state index >= 15 is 0 Å². The van der Waals surface area contributed by atoms with Gasteiger partial charge in [-0.2, -0.15) is 0 Å². The molecule has 0 aliphatic carbocycles. The summed E-state index contributed by atoms with van der Waals surface area (Å²) in [7, 11) is 1.50. The van der Waals surface area contributed by atoms with Crippen LogP contribution >= 0.6 is 0 Å². The first-order valence-corrected chi connectivity index (χ1v) is 6.35. The molecule has 1 aromatic rings. The van der Waals surface area contributed by atoms with E-state index < -0.39 is 5.97 Å². The molecule has 104 valence electrons. The molecular formula is C14H20N2O3. The average Bonchev–Trinajstić information content (AvgIpc) is 2.39. The number of carbonyl (C=O) groups excluding carboxylic acids is 1. The van der Waals surface area contributed by atoms with E-state index in [0.717, 1.165) is 18.5 Å². The van der Waals surface area contributed by atoms with Gasteiger partial charge in [-0.1, -0.05) is 31.5 Å². The van der Waals surface area contributed by atoms with Gasteiger partial charge in [-0.25, -0.2) is 4.79 Å². The fraction of sp³-hybridized carbons (Fsp3) is 0.429. The number of likely N-dealkylation sites (N-methyl/N-ethyl adjacent to an activating group) is 1. The number of carboxylic acids is 1. The predicted octanol–water partition coefficient (Wildman–Crippen LogP) is 2.43. The lowest BCUT2D eigenvalue weighted by molar-refractivity contribution is -0.137. The van der Waals surface area contributed by atoms with Crippen LogP contribution in [0.4, 0.5) is 10.5 Å². The maximum atomic E-state index is 12.3. The van der Waals surface area contributed by atoms with E-state index in [2.05, 4.69) is 6.92 Å². The lowest BCUT2D eigenvalue weighted by Gasteiger charge is -2.27. The Hall–Kier alpha value is -2.04. The fourth-order valence-electron chi connectivity index (χ4n) is 1.74. The zero-order valence-corrected chi connectivity index (χ0v) is 11.4. The van der Waals surface area contributed by atoms with Crippen molar-refractivity contribution in [3.05, 3.63) is 30.3 Å². The number of rotatable bonds is 6. The average molecular weight is 264 g/mol. The van der Waals surface area contributed by atoms with Crippen molar-refractivity contribution in [3.8, 4) is 0 Å². The standard InChI is InChI=1S/C14H20N2O3/c1-3-4-10-16(12-8-6-5-7-9-12)14(19)15(2)11-13(17)18/h5-9H,3-4,10-11H2,1-2H3,(H,17,18). The smallest absolute Gasteiger partial charge is 0.324 e. The van der Waals surface area contributed by atoms with Gasteiger partial charge in [0, 0.05) is 19.3 Å². The highest BCUT2D eigenvalue weighted by atomic mass is 16.4. The summed E-state index contributed by atoms with van der Waals surface area (Å²) in [6.45, 7) is 2.34. The number of unbranched alkanes of at least 4 members (excludes halogenated alkanes) is 1. The molecule has 0 saturated carbocycles. The Labute approximate surface area is 113 Å².